The highest BCUT2D eigenvalue weighted by Gasteiger charge is 2.44. The normalized spacial score (nSPS) is 19.0. The molecule has 1 rings (SSSR count). The van der Waals surface area contributed by atoms with E-state index in [4.69, 9.17) is 10.8 Å². The molecule has 1 aliphatic rings. The van der Waals surface area contributed by atoms with Gasteiger partial charge in [0.1, 0.15) is 18.2 Å². The van der Waals surface area contributed by atoms with Crippen molar-refractivity contribution in [2.45, 2.75) is 25.5 Å². The standard InChI is InChI=1S/C10H16N4O5/c1-10(2)8(18)14(9(19)13-10)4-6(16)12-3-5(15)7(11)17/h5,15H,3-4H2,1-2H3,(H2,11,17)(H,12,16)(H,13,19). The molecule has 5 amide bonds. The highest BCUT2D eigenvalue weighted by atomic mass is 16.3. The van der Waals surface area contributed by atoms with E-state index in [1.165, 1.54) is 13.8 Å². The summed E-state index contributed by atoms with van der Waals surface area (Å²) in [5.74, 6) is -2.18. The molecule has 0 aliphatic carbocycles. The third-order valence-corrected chi connectivity index (χ3v) is 2.57. The van der Waals surface area contributed by atoms with Gasteiger partial charge in [-0.3, -0.25) is 19.3 Å². The number of urea groups is 1. The predicted octanol–water partition coefficient (Wildman–Crippen LogP) is -2.72. The van der Waals surface area contributed by atoms with Crippen LogP contribution in [0.2, 0.25) is 0 Å². The minimum Gasteiger partial charge on any atom is -0.381 e. The average molecular weight is 272 g/mol. The maximum Gasteiger partial charge on any atom is 0.325 e. The van der Waals surface area contributed by atoms with E-state index in [9.17, 15) is 19.2 Å². The first-order valence-electron chi connectivity index (χ1n) is 5.53. The fourth-order valence-corrected chi connectivity index (χ4v) is 1.47. The van der Waals surface area contributed by atoms with Crippen LogP contribution < -0.4 is 16.4 Å². The molecule has 1 atom stereocenters. The minimum absolute atomic E-state index is 0.374. The van der Waals surface area contributed by atoms with E-state index >= 15 is 0 Å². The number of imide groups is 1. The van der Waals surface area contributed by atoms with Crippen LogP contribution in [0.3, 0.4) is 0 Å². The molecule has 9 nitrogen and oxygen atoms in total. The van der Waals surface area contributed by atoms with Gasteiger partial charge in [-0.15, -0.1) is 0 Å². The summed E-state index contributed by atoms with van der Waals surface area (Å²) >= 11 is 0. The van der Waals surface area contributed by atoms with Crippen LogP contribution in [0.25, 0.3) is 0 Å². The number of nitrogens with zero attached hydrogens (tertiary/aromatic N) is 1. The summed E-state index contributed by atoms with van der Waals surface area (Å²) in [4.78, 5) is 46.0. The SMILES string of the molecule is CC1(C)NC(=O)N(CC(=O)NCC(O)C(N)=O)C1=O. The number of rotatable bonds is 5. The third-order valence-electron chi connectivity index (χ3n) is 2.57. The third kappa shape index (κ3) is 3.41. The van der Waals surface area contributed by atoms with Gasteiger partial charge in [0.2, 0.25) is 11.8 Å². The van der Waals surface area contributed by atoms with E-state index in [0.717, 1.165) is 4.90 Å². The second kappa shape index (κ2) is 5.22. The first-order chi connectivity index (χ1) is 8.65. The molecule has 106 valence electrons. The summed E-state index contributed by atoms with van der Waals surface area (Å²) in [6, 6.07) is -0.666. The number of amides is 5. The number of primary amides is 1. The van der Waals surface area contributed by atoms with Crippen LogP contribution in [0.1, 0.15) is 13.8 Å². The van der Waals surface area contributed by atoms with Gasteiger partial charge >= 0.3 is 6.03 Å². The van der Waals surface area contributed by atoms with Crippen molar-refractivity contribution in [3.8, 4) is 0 Å². The fraction of sp³-hybridized carbons (Fsp3) is 0.600. The number of carbonyl (C=O) groups excluding carboxylic acids is 4. The van der Waals surface area contributed by atoms with Gasteiger partial charge in [0, 0.05) is 0 Å². The lowest BCUT2D eigenvalue weighted by Gasteiger charge is -2.16. The van der Waals surface area contributed by atoms with Crippen molar-refractivity contribution in [3.05, 3.63) is 0 Å². The highest BCUT2D eigenvalue weighted by molar-refractivity contribution is 6.08. The van der Waals surface area contributed by atoms with Gasteiger partial charge in [-0.25, -0.2) is 4.79 Å². The molecular formula is C10H16N4O5. The highest BCUT2D eigenvalue weighted by Crippen LogP contribution is 2.15. The van der Waals surface area contributed by atoms with Gasteiger partial charge in [-0.2, -0.15) is 0 Å². The monoisotopic (exact) mass is 272 g/mol. The van der Waals surface area contributed by atoms with E-state index in [1.54, 1.807) is 0 Å². The second-order valence-corrected chi connectivity index (χ2v) is 4.67. The molecule has 0 aromatic carbocycles. The molecule has 0 aromatic rings. The van der Waals surface area contributed by atoms with Crippen molar-refractivity contribution in [1.29, 1.82) is 0 Å². The molecule has 0 spiro atoms. The lowest BCUT2D eigenvalue weighted by Crippen LogP contribution is -2.46. The Morgan fingerprint density at radius 3 is 2.47 bits per heavy atom. The van der Waals surface area contributed by atoms with Gasteiger partial charge in [-0.05, 0) is 13.8 Å². The maximum atomic E-state index is 11.8. The Hall–Kier alpha value is -2.16. The van der Waals surface area contributed by atoms with Crippen molar-refractivity contribution in [2.24, 2.45) is 5.73 Å². The summed E-state index contributed by atoms with van der Waals surface area (Å²) in [5.41, 5.74) is 3.75. The molecule has 1 unspecified atom stereocenters. The van der Waals surface area contributed by atoms with Crippen molar-refractivity contribution < 1.29 is 24.3 Å². The lowest BCUT2D eigenvalue weighted by molar-refractivity contribution is -0.134. The molecule has 0 bridgehead atoms. The summed E-state index contributed by atoms with van der Waals surface area (Å²) in [5, 5.41) is 13.7. The van der Waals surface area contributed by atoms with E-state index in [1.807, 2.05) is 0 Å². The minimum atomic E-state index is -1.51. The summed E-state index contributed by atoms with van der Waals surface area (Å²) in [6.45, 7) is 2.17. The van der Waals surface area contributed by atoms with Gasteiger partial charge < -0.3 is 21.5 Å². The Morgan fingerprint density at radius 1 is 1.47 bits per heavy atom. The predicted molar refractivity (Wildman–Crippen MR) is 62.5 cm³/mol. The number of aliphatic hydroxyl groups excluding tert-OH is 1. The van der Waals surface area contributed by atoms with E-state index < -0.39 is 41.9 Å². The van der Waals surface area contributed by atoms with Crippen LogP contribution >= 0.6 is 0 Å². The van der Waals surface area contributed by atoms with Gasteiger partial charge in [0.05, 0.1) is 6.54 Å². The Labute approximate surface area is 109 Å². The van der Waals surface area contributed by atoms with Gasteiger partial charge in [0.25, 0.3) is 5.91 Å². The van der Waals surface area contributed by atoms with E-state index in [2.05, 4.69) is 10.6 Å². The molecular weight excluding hydrogens is 256 g/mol. The fourth-order valence-electron chi connectivity index (χ4n) is 1.47. The van der Waals surface area contributed by atoms with Crippen LogP contribution in [-0.2, 0) is 14.4 Å². The van der Waals surface area contributed by atoms with Gasteiger partial charge in [-0.1, -0.05) is 0 Å². The molecule has 1 aliphatic heterocycles. The number of nitrogens with two attached hydrogens (primary N) is 1. The second-order valence-electron chi connectivity index (χ2n) is 4.67. The van der Waals surface area contributed by atoms with E-state index in [-0.39, 0.29) is 6.54 Å². The molecule has 1 saturated heterocycles. The molecule has 0 radical (unpaired) electrons. The van der Waals surface area contributed by atoms with Crippen LogP contribution in [-0.4, -0.2) is 58.5 Å². The number of carbonyl (C=O) groups is 4. The van der Waals surface area contributed by atoms with Crippen molar-refractivity contribution in [3.63, 3.8) is 0 Å². The molecule has 1 heterocycles. The van der Waals surface area contributed by atoms with Gasteiger partial charge in [0.15, 0.2) is 0 Å². The quantitative estimate of drug-likeness (QED) is 0.402. The number of aliphatic hydroxyl groups is 1. The summed E-state index contributed by atoms with van der Waals surface area (Å²) in [7, 11) is 0. The maximum absolute atomic E-state index is 11.8. The molecule has 5 N–H and O–H groups in total. The van der Waals surface area contributed by atoms with Crippen molar-refractivity contribution >= 4 is 23.8 Å². The number of hydrogen-bond acceptors (Lipinski definition) is 5. The Bertz CT molecular complexity index is 434. The van der Waals surface area contributed by atoms with E-state index in [0.29, 0.717) is 0 Å². The zero-order chi connectivity index (χ0) is 14.8. The largest absolute Gasteiger partial charge is 0.381 e. The summed E-state index contributed by atoms with van der Waals surface area (Å²) < 4.78 is 0. The van der Waals surface area contributed by atoms with Crippen molar-refractivity contribution in [1.82, 2.24) is 15.5 Å². The lowest BCUT2D eigenvalue weighted by atomic mass is 10.1. The smallest absolute Gasteiger partial charge is 0.325 e. The molecule has 19 heavy (non-hydrogen) atoms. The van der Waals surface area contributed by atoms with Crippen molar-refractivity contribution in [2.75, 3.05) is 13.1 Å². The first kappa shape index (κ1) is 14.9. The Morgan fingerprint density at radius 2 is 2.05 bits per heavy atom. The van der Waals surface area contributed by atoms with Crippen LogP contribution in [0.15, 0.2) is 0 Å². The molecule has 0 saturated carbocycles. The number of hydrogen-bond donors (Lipinski definition) is 4. The van der Waals surface area contributed by atoms with Crippen LogP contribution in [0, 0.1) is 0 Å². The van der Waals surface area contributed by atoms with Crippen LogP contribution in [0.5, 0.6) is 0 Å². The molecule has 9 heteroatoms. The first-order valence-corrected chi connectivity index (χ1v) is 5.53. The molecule has 0 aromatic heterocycles. The number of nitrogens with one attached hydrogen (secondary N) is 2. The average Bonchev–Trinajstić information content (AvgIpc) is 2.48. The molecule has 1 fully saturated rings. The zero-order valence-electron chi connectivity index (χ0n) is 10.6. The topological polar surface area (TPSA) is 142 Å². The Balaban J connectivity index is 2.52. The summed E-state index contributed by atoms with van der Waals surface area (Å²) in [6.07, 6.45) is -1.51. The Kier molecular flexibility index (Phi) is 4.10. The van der Waals surface area contributed by atoms with Crippen LogP contribution in [0.4, 0.5) is 4.79 Å². The zero-order valence-corrected chi connectivity index (χ0v) is 10.6.